The SMILES string of the molecule is Cc1cc(C)cc(N2C(=O)C(=O)/C(=C(\O)c3c[nH]c4ccccc34)C2c2ccncc2)c1. The summed E-state index contributed by atoms with van der Waals surface area (Å²) >= 11 is 0. The number of aliphatic hydroxyl groups is 1. The molecular formula is C26H21N3O3. The number of aryl methyl sites for hydroxylation is 2. The molecular weight excluding hydrogens is 402 g/mol. The van der Waals surface area contributed by atoms with Gasteiger partial charge in [0.2, 0.25) is 0 Å². The number of carbonyl (C=O) groups is 2. The first-order valence-electron chi connectivity index (χ1n) is 10.3. The van der Waals surface area contributed by atoms with Crippen LogP contribution >= 0.6 is 0 Å². The van der Waals surface area contributed by atoms with Gasteiger partial charge in [0.05, 0.1) is 11.6 Å². The molecule has 1 aliphatic rings. The van der Waals surface area contributed by atoms with Crippen LogP contribution in [0, 0.1) is 13.8 Å². The van der Waals surface area contributed by atoms with Crippen molar-refractivity contribution in [3.05, 3.63) is 101 Å². The molecule has 4 aromatic rings. The molecule has 0 spiro atoms. The van der Waals surface area contributed by atoms with Crippen LogP contribution in [0.1, 0.15) is 28.3 Å². The molecule has 158 valence electrons. The molecule has 6 heteroatoms. The maximum atomic E-state index is 13.3. The largest absolute Gasteiger partial charge is 0.507 e. The third-order valence-electron chi connectivity index (χ3n) is 5.80. The summed E-state index contributed by atoms with van der Waals surface area (Å²) < 4.78 is 0. The molecule has 3 heterocycles. The minimum absolute atomic E-state index is 0.0603. The Hall–Kier alpha value is -4.19. The topological polar surface area (TPSA) is 86.3 Å². The van der Waals surface area contributed by atoms with Crippen molar-refractivity contribution in [2.75, 3.05) is 4.90 Å². The van der Waals surface area contributed by atoms with Crippen LogP contribution in [0.2, 0.25) is 0 Å². The standard InChI is InChI=1S/C26H21N3O3/c1-15-11-16(2)13-18(12-15)29-23(17-7-9-27-10-8-17)22(25(31)26(29)32)24(30)20-14-28-21-6-4-3-5-19(20)21/h3-14,23,28,30H,1-2H3/b24-22-. The van der Waals surface area contributed by atoms with Crippen molar-refractivity contribution in [2.45, 2.75) is 19.9 Å². The number of aromatic nitrogens is 2. The van der Waals surface area contributed by atoms with Crippen molar-refractivity contribution < 1.29 is 14.7 Å². The van der Waals surface area contributed by atoms with Gasteiger partial charge in [-0.25, -0.2) is 0 Å². The minimum Gasteiger partial charge on any atom is -0.507 e. The molecule has 1 unspecified atom stereocenters. The molecule has 0 saturated carbocycles. The van der Waals surface area contributed by atoms with Gasteiger partial charge >= 0.3 is 0 Å². The van der Waals surface area contributed by atoms with E-state index in [1.807, 2.05) is 56.3 Å². The van der Waals surface area contributed by atoms with E-state index in [4.69, 9.17) is 0 Å². The van der Waals surface area contributed by atoms with E-state index in [1.165, 1.54) is 4.90 Å². The molecule has 2 N–H and O–H groups in total. The molecule has 1 atom stereocenters. The van der Waals surface area contributed by atoms with Gasteiger partial charge in [-0.2, -0.15) is 0 Å². The van der Waals surface area contributed by atoms with Crippen molar-refractivity contribution in [3.8, 4) is 0 Å². The molecule has 1 fully saturated rings. The van der Waals surface area contributed by atoms with Gasteiger partial charge in [-0.05, 0) is 60.9 Å². The molecule has 1 saturated heterocycles. The number of rotatable bonds is 3. The summed E-state index contributed by atoms with van der Waals surface area (Å²) in [5.74, 6) is -1.58. The second kappa shape index (κ2) is 7.50. The zero-order chi connectivity index (χ0) is 22.4. The Balaban J connectivity index is 1.77. The fraction of sp³-hybridized carbons (Fsp3) is 0.115. The van der Waals surface area contributed by atoms with Crippen LogP contribution in [-0.4, -0.2) is 26.8 Å². The van der Waals surface area contributed by atoms with Crippen LogP contribution in [0.4, 0.5) is 5.69 Å². The zero-order valence-electron chi connectivity index (χ0n) is 17.7. The summed E-state index contributed by atoms with van der Waals surface area (Å²) in [6.07, 6.45) is 4.89. The third-order valence-corrected chi connectivity index (χ3v) is 5.80. The molecule has 1 aliphatic heterocycles. The number of pyridine rings is 1. The van der Waals surface area contributed by atoms with Crippen LogP contribution < -0.4 is 4.90 Å². The van der Waals surface area contributed by atoms with Crippen molar-refractivity contribution in [1.82, 2.24) is 9.97 Å². The summed E-state index contributed by atoms with van der Waals surface area (Å²) in [6.45, 7) is 3.89. The highest BCUT2D eigenvalue weighted by Crippen LogP contribution is 2.43. The van der Waals surface area contributed by atoms with Crippen LogP contribution in [0.15, 0.2) is 78.8 Å². The first-order chi connectivity index (χ1) is 15.5. The van der Waals surface area contributed by atoms with Crippen LogP contribution in [0.5, 0.6) is 0 Å². The number of nitrogens with one attached hydrogen (secondary N) is 1. The maximum Gasteiger partial charge on any atom is 0.300 e. The van der Waals surface area contributed by atoms with Crippen molar-refractivity contribution in [2.24, 2.45) is 0 Å². The van der Waals surface area contributed by atoms with Crippen molar-refractivity contribution >= 4 is 34.0 Å². The van der Waals surface area contributed by atoms with E-state index in [9.17, 15) is 14.7 Å². The Morgan fingerprint density at radius 2 is 1.69 bits per heavy atom. The fourth-order valence-corrected chi connectivity index (χ4v) is 4.46. The lowest BCUT2D eigenvalue weighted by molar-refractivity contribution is -0.132. The molecule has 32 heavy (non-hydrogen) atoms. The normalized spacial score (nSPS) is 17.9. The number of Topliss-reactive ketones (excluding diaryl/α,β-unsaturated/α-hetero) is 1. The van der Waals surface area contributed by atoms with Crippen molar-refractivity contribution in [3.63, 3.8) is 0 Å². The number of aromatic amines is 1. The number of H-pyrrole nitrogens is 1. The van der Waals surface area contributed by atoms with Gasteiger partial charge in [0.15, 0.2) is 0 Å². The Morgan fingerprint density at radius 3 is 2.41 bits per heavy atom. The van der Waals surface area contributed by atoms with Crippen LogP contribution in [-0.2, 0) is 9.59 Å². The molecule has 0 bridgehead atoms. The third kappa shape index (κ3) is 3.08. The molecule has 5 rings (SSSR count). The Morgan fingerprint density at radius 1 is 1.00 bits per heavy atom. The summed E-state index contributed by atoms with van der Waals surface area (Å²) in [4.78, 5) is 35.2. The van der Waals surface area contributed by atoms with Gasteiger partial charge in [-0.3, -0.25) is 19.5 Å². The highest BCUT2D eigenvalue weighted by atomic mass is 16.3. The number of aliphatic hydroxyl groups excluding tert-OH is 1. The Kier molecular flexibility index (Phi) is 4.63. The van der Waals surface area contributed by atoms with Crippen molar-refractivity contribution in [1.29, 1.82) is 0 Å². The molecule has 0 aliphatic carbocycles. The number of carbonyl (C=O) groups excluding carboxylic acids is 2. The zero-order valence-corrected chi connectivity index (χ0v) is 17.7. The molecule has 2 aromatic carbocycles. The lowest BCUT2D eigenvalue weighted by Gasteiger charge is -2.26. The number of nitrogens with zero attached hydrogens (tertiary/aromatic N) is 2. The lowest BCUT2D eigenvalue weighted by atomic mass is 9.95. The minimum atomic E-state index is -0.770. The monoisotopic (exact) mass is 423 g/mol. The lowest BCUT2D eigenvalue weighted by Crippen LogP contribution is -2.29. The Labute approximate surface area is 184 Å². The first-order valence-corrected chi connectivity index (χ1v) is 10.3. The summed E-state index contributed by atoms with van der Waals surface area (Å²) in [5, 5.41) is 12.1. The average molecular weight is 423 g/mol. The van der Waals surface area contributed by atoms with Gasteiger partial charge in [-0.15, -0.1) is 0 Å². The molecule has 6 nitrogen and oxygen atoms in total. The van der Waals surface area contributed by atoms with Gasteiger partial charge in [0, 0.05) is 40.7 Å². The van der Waals surface area contributed by atoms with E-state index in [0.717, 1.165) is 22.0 Å². The van der Waals surface area contributed by atoms with E-state index in [2.05, 4.69) is 9.97 Å². The van der Waals surface area contributed by atoms with E-state index in [0.29, 0.717) is 16.8 Å². The van der Waals surface area contributed by atoms with Gasteiger partial charge in [0.25, 0.3) is 11.7 Å². The summed E-state index contributed by atoms with van der Waals surface area (Å²) in [6, 6.07) is 16.0. The quantitative estimate of drug-likeness (QED) is 0.281. The number of anilines is 1. The van der Waals surface area contributed by atoms with E-state index in [1.54, 1.807) is 30.7 Å². The second-order valence-electron chi connectivity index (χ2n) is 8.04. The molecule has 2 aromatic heterocycles. The molecule has 0 radical (unpaired) electrons. The van der Waals surface area contributed by atoms with E-state index in [-0.39, 0.29) is 11.3 Å². The van der Waals surface area contributed by atoms with Crippen LogP contribution in [0.25, 0.3) is 16.7 Å². The van der Waals surface area contributed by atoms with Gasteiger partial charge in [0.1, 0.15) is 5.76 Å². The van der Waals surface area contributed by atoms with E-state index < -0.39 is 17.7 Å². The van der Waals surface area contributed by atoms with Gasteiger partial charge in [-0.1, -0.05) is 24.3 Å². The number of hydrogen-bond donors (Lipinski definition) is 2. The predicted molar refractivity (Wildman–Crippen MR) is 123 cm³/mol. The number of para-hydroxylation sites is 1. The predicted octanol–water partition coefficient (Wildman–Crippen LogP) is 4.81. The smallest absolute Gasteiger partial charge is 0.300 e. The summed E-state index contributed by atoms with van der Waals surface area (Å²) in [5.41, 5.74) is 4.64. The summed E-state index contributed by atoms with van der Waals surface area (Å²) in [7, 11) is 0. The average Bonchev–Trinajstić information content (AvgIpc) is 3.33. The van der Waals surface area contributed by atoms with E-state index >= 15 is 0 Å². The first kappa shape index (κ1) is 19.8. The number of benzene rings is 2. The highest BCUT2D eigenvalue weighted by molar-refractivity contribution is 6.51. The number of ketones is 1. The number of amides is 1. The Bertz CT molecular complexity index is 1380. The molecule has 1 amide bonds. The van der Waals surface area contributed by atoms with Crippen LogP contribution in [0.3, 0.4) is 0 Å². The fourth-order valence-electron chi connectivity index (χ4n) is 4.46. The maximum absolute atomic E-state index is 13.3. The number of hydrogen-bond acceptors (Lipinski definition) is 4. The highest BCUT2D eigenvalue weighted by Gasteiger charge is 2.47. The van der Waals surface area contributed by atoms with Gasteiger partial charge < -0.3 is 10.1 Å². The second-order valence-corrected chi connectivity index (χ2v) is 8.04. The number of fused-ring (bicyclic) bond motifs is 1.